The normalized spacial score (nSPS) is 42.0. The van der Waals surface area contributed by atoms with Crippen molar-refractivity contribution in [2.45, 2.75) is 90.5 Å². The Morgan fingerprint density at radius 1 is 1.13 bits per heavy atom. The topological polar surface area (TPSA) is 66.4 Å². The lowest BCUT2D eigenvalue weighted by molar-refractivity contribution is -0.211. The molecule has 0 aliphatic heterocycles. The number of carbonyl (C=O) groups is 2. The summed E-state index contributed by atoms with van der Waals surface area (Å²) in [6.07, 6.45) is 1.50. The molecule has 4 nitrogen and oxygen atoms in total. The summed E-state index contributed by atoms with van der Waals surface area (Å²) in [6.45, 7) is 5.67. The van der Waals surface area contributed by atoms with E-state index in [2.05, 4.69) is 19.2 Å². The van der Waals surface area contributed by atoms with Crippen LogP contribution in [0.15, 0.2) is 11.6 Å². The summed E-state index contributed by atoms with van der Waals surface area (Å²) in [7, 11) is 0. The molecule has 2 N–H and O–H groups in total. The molecule has 3 unspecified atom stereocenters. The first-order valence-electron chi connectivity index (χ1n) is 11.7. The zero-order valence-corrected chi connectivity index (χ0v) is 18.6. The van der Waals surface area contributed by atoms with Crippen molar-refractivity contribution in [3.8, 4) is 0 Å². The molecule has 0 aromatic carbocycles. The van der Waals surface area contributed by atoms with E-state index < -0.39 is 18.3 Å². The van der Waals surface area contributed by atoms with Gasteiger partial charge in [0.25, 0.3) is 0 Å². The highest BCUT2D eigenvalue weighted by atomic mass is 19.4. The van der Waals surface area contributed by atoms with E-state index in [9.17, 15) is 27.9 Å². The van der Waals surface area contributed by atoms with Gasteiger partial charge in [0, 0.05) is 12.3 Å². The van der Waals surface area contributed by atoms with E-state index in [1.54, 1.807) is 0 Å². The second-order valence-electron chi connectivity index (χ2n) is 10.9. The molecule has 3 saturated carbocycles. The van der Waals surface area contributed by atoms with Crippen LogP contribution in [-0.4, -0.2) is 35.1 Å². The predicted octanol–water partition coefficient (Wildman–Crippen LogP) is 4.56. The number of hydrogen-bond donors (Lipinski definition) is 2. The molecule has 31 heavy (non-hydrogen) atoms. The minimum Gasteiger partial charge on any atom is -0.382 e. The van der Waals surface area contributed by atoms with Crippen molar-refractivity contribution in [3.63, 3.8) is 0 Å². The highest BCUT2D eigenvalue weighted by Crippen LogP contribution is 2.66. The largest absolute Gasteiger partial charge is 0.416 e. The monoisotopic (exact) mass is 441 g/mol. The summed E-state index contributed by atoms with van der Waals surface area (Å²) in [5.74, 6) is 0.931. The Hall–Kier alpha value is -1.37. The average Bonchev–Trinajstić information content (AvgIpc) is 3.04. The molecule has 7 heteroatoms. The molecule has 0 aromatic rings. The van der Waals surface area contributed by atoms with Crippen LogP contribution in [0.3, 0.4) is 0 Å². The first-order valence-corrected chi connectivity index (χ1v) is 11.7. The van der Waals surface area contributed by atoms with Gasteiger partial charge >= 0.3 is 6.18 Å². The number of ketones is 1. The number of aliphatic hydroxyl groups is 1. The second kappa shape index (κ2) is 7.60. The molecule has 4 aliphatic rings. The van der Waals surface area contributed by atoms with Crippen LogP contribution >= 0.6 is 0 Å². The first kappa shape index (κ1) is 22.8. The molecule has 0 saturated heterocycles. The van der Waals surface area contributed by atoms with Crippen molar-refractivity contribution in [2.75, 3.05) is 0 Å². The number of halogens is 3. The van der Waals surface area contributed by atoms with Gasteiger partial charge in [-0.1, -0.05) is 19.4 Å². The zero-order valence-electron chi connectivity index (χ0n) is 18.6. The SMILES string of the molecule is CC(NC(=O)C1CC[C@H]2[C@@H]3CCC4=CC(=O)CC[C@]4(C)[C@@H]3CC[C@]12C)C(O)C(F)(F)F. The maximum Gasteiger partial charge on any atom is 0.416 e. The van der Waals surface area contributed by atoms with Crippen LogP contribution in [0.4, 0.5) is 13.2 Å². The summed E-state index contributed by atoms with van der Waals surface area (Å²) in [6, 6.07) is -1.37. The van der Waals surface area contributed by atoms with Gasteiger partial charge in [-0.3, -0.25) is 9.59 Å². The Bertz CT molecular complexity index is 793. The van der Waals surface area contributed by atoms with E-state index in [4.69, 9.17) is 0 Å². The molecule has 3 fully saturated rings. The lowest BCUT2D eigenvalue weighted by atomic mass is 9.47. The minimum atomic E-state index is -4.75. The van der Waals surface area contributed by atoms with Gasteiger partial charge in [-0.15, -0.1) is 0 Å². The van der Waals surface area contributed by atoms with Crippen LogP contribution in [0.25, 0.3) is 0 Å². The molecule has 0 aromatic heterocycles. The molecule has 4 rings (SSSR count). The maximum absolute atomic E-state index is 13.0. The Balaban J connectivity index is 1.50. The molecular formula is C24H34F3NO3. The number of fused-ring (bicyclic) bond motifs is 5. The maximum atomic E-state index is 13.0. The van der Waals surface area contributed by atoms with Crippen LogP contribution in [0.2, 0.25) is 0 Å². The third-order valence-electron chi connectivity index (χ3n) is 9.46. The third-order valence-corrected chi connectivity index (χ3v) is 9.46. The van der Waals surface area contributed by atoms with Gasteiger partial charge in [0.05, 0.1) is 6.04 Å². The minimum absolute atomic E-state index is 0.0594. The van der Waals surface area contributed by atoms with Crippen LogP contribution in [-0.2, 0) is 9.59 Å². The van der Waals surface area contributed by atoms with Gasteiger partial charge in [-0.2, -0.15) is 13.2 Å². The van der Waals surface area contributed by atoms with Gasteiger partial charge in [0.15, 0.2) is 11.9 Å². The van der Waals surface area contributed by atoms with Crippen molar-refractivity contribution in [3.05, 3.63) is 11.6 Å². The summed E-state index contributed by atoms with van der Waals surface area (Å²) in [5.41, 5.74) is 1.14. The number of amides is 1. The predicted molar refractivity (Wildman–Crippen MR) is 110 cm³/mol. The van der Waals surface area contributed by atoms with Crippen molar-refractivity contribution in [2.24, 2.45) is 34.5 Å². The second-order valence-corrected chi connectivity index (χ2v) is 10.9. The highest BCUT2D eigenvalue weighted by molar-refractivity contribution is 5.91. The fourth-order valence-corrected chi connectivity index (χ4v) is 7.68. The molecule has 0 bridgehead atoms. The lowest BCUT2D eigenvalue weighted by Gasteiger charge is -2.58. The average molecular weight is 442 g/mol. The molecule has 0 radical (unpaired) electrons. The van der Waals surface area contributed by atoms with Crippen LogP contribution < -0.4 is 5.32 Å². The Kier molecular flexibility index (Phi) is 5.59. The van der Waals surface area contributed by atoms with E-state index in [0.717, 1.165) is 38.5 Å². The number of alkyl halides is 3. The number of aliphatic hydroxyl groups excluding tert-OH is 1. The summed E-state index contributed by atoms with van der Waals surface area (Å²) >= 11 is 0. The number of hydrogen-bond acceptors (Lipinski definition) is 3. The molecule has 0 spiro atoms. The third kappa shape index (κ3) is 3.65. The first-order chi connectivity index (χ1) is 14.4. The molecule has 174 valence electrons. The summed E-state index contributed by atoms with van der Waals surface area (Å²) in [4.78, 5) is 25.0. The summed E-state index contributed by atoms with van der Waals surface area (Å²) < 4.78 is 38.5. The molecule has 8 atom stereocenters. The van der Waals surface area contributed by atoms with E-state index in [0.29, 0.717) is 30.6 Å². The Morgan fingerprint density at radius 2 is 1.84 bits per heavy atom. The van der Waals surface area contributed by atoms with Gasteiger partial charge in [0.1, 0.15) is 0 Å². The zero-order chi connectivity index (χ0) is 22.8. The van der Waals surface area contributed by atoms with Crippen molar-refractivity contribution in [1.82, 2.24) is 5.32 Å². The number of carbonyl (C=O) groups excluding carboxylic acids is 2. The van der Waals surface area contributed by atoms with Gasteiger partial charge < -0.3 is 10.4 Å². The van der Waals surface area contributed by atoms with Gasteiger partial charge in [0.2, 0.25) is 5.91 Å². The highest BCUT2D eigenvalue weighted by Gasteiger charge is 2.60. The molecule has 0 heterocycles. The van der Waals surface area contributed by atoms with Crippen LogP contribution in [0.5, 0.6) is 0 Å². The lowest BCUT2D eigenvalue weighted by Crippen LogP contribution is -2.54. The van der Waals surface area contributed by atoms with E-state index in [1.807, 2.05) is 6.08 Å². The smallest absolute Gasteiger partial charge is 0.382 e. The van der Waals surface area contributed by atoms with E-state index in [-0.39, 0.29) is 28.4 Å². The molecule has 4 aliphatic carbocycles. The molecular weight excluding hydrogens is 407 g/mol. The number of rotatable bonds is 3. The fraction of sp³-hybridized carbons (Fsp3) is 0.833. The summed E-state index contributed by atoms with van der Waals surface area (Å²) in [5, 5.41) is 11.9. The Morgan fingerprint density at radius 3 is 2.52 bits per heavy atom. The van der Waals surface area contributed by atoms with Gasteiger partial charge in [-0.05, 0) is 86.5 Å². The van der Waals surface area contributed by atoms with Crippen LogP contribution in [0, 0.1) is 34.5 Å². The van der Waals surface area contributed by atoms with E-state index >= 15 is 0 Å². The number of nitrogens with one attached hydrogen (secondary N) is 1. The molecule has 1 amide bonds. The standard InChI is InChI=1S/C24H34F3NO3/c1-13(20(30)24(25,26)27)28-21(31)19-7-6-17-16-5-4-14-12-15(29)8-10-22(14,2)18(16)9-11-23(17,19)3/h12-13,16-20,30H,4-11H2,1-3H3,(H,28,31)/t13?,16-,17-,18+,19?,20?,22-,23-/m0/s1. The van der Waals surface area contributed by atoms with Crippen molar-refractivity contribution >= 4 is 11.7 Å². The Labute approximate surface area is 182 Å². The van der Waals surface area contributed by atoms with E-state index in [1.165, 1.54) is 12.5 Å². The number of allylic oxidation sites excluding steroid dienone is 1. The van der Waals surface area contributed by atoms with Crippen molar-refractivity contribution in [1.29, 1.82) is 0 Å². The van der Waals surface area contributed by atoms with Gasteiger partial charge in [-0.25, -0.2) is 0 Å². The quantitative estimate of drug-likeness (QED) is 0.675. The van der Waals surface area contributed by atoms with Crippen molar-refractivity contribution < 1.29 is 27.9 Å². The van der Waals surface area contributed by atoms with Crippen LogP contribution in [0.1, 0.15) is 72.1 Å². The fourth-order valence-electron chi connectivity index (χ4n) is 7.68.